The molecule has 1 N–H and O–H groups in total. The van der Waals surface area contributed by atoms with Crippen molar-refractivity contribution in [2.75, 3.05) is 6.54 Å². The third-order valence-corrected chi connectivity index (χ3v) is 5.54. The summed E-state index contributed by atoms with van der Waals surface area (Å²) in [6, 6.07) is 0.447. The van der Waals surface area contributed by atoms with Crippen molar-refractivity contribution in [2.45, 2.75) is 65.3 Å². The van der Waals surface area contributed by atoms with Crippen LogP contribution in [0, 0.1) is 12.8 Å². The van der Waals surface area contributed by atoms with Gasteiger partial charge in [0.05, 0.1) is 10.7 Å². The molecule has 2 nitrogen and oxygen atoms in total. The fraction of sp³-hybridized carbons (Fsp3) is 0.800. The van der Waals surface area contributed by atoms with E-state index in [1.54, 1.807) is 0 Å². The standard InChI is InChI=1S/C15H26N2S/c1-5-16-11(3)14-12(4)17-15(18-14)13-8-6-7-10(2)9-13/h10-11,13,16H,5-9H2,1-4H3. The smallest absolute Gasteiger partial charge is 0.0962 e. The second-order valence-electron chi connectivity index (χ2n) is 5.75. The van der Waals surface area contributed by atoms with Gasteiger partial charge < -0.3 is 5.32 Å². The van der Waals surface area contributed by atoms with E-state index < -0.39 is 0 Å². The first-order valence-electron chi connectivity index (χ1n) is 7.32. The molecule has 1 aromatic rings. The van der Waals surface area contributed by atoms with Crippen LogP contribution in [0.1, 0.15) is 74.0 Å². The number of nitrogens with zero attached hydrogens (tertiary/aromatic N) is 1. The zero-order valence-electron chi connectivity index (χ0n) is 12.1. The van der Waals surface area contributed by atoms with Gasteiger partial charge in [0.1, 0.15) is 0 Å². The summed E-state index contributed by atoms with van der Waals surface area (Å²) < 4.78 is 0. The zero-order valence-corrected chi connectivity index (χ0v) is 12.9. The maximum Gasteiger partial charge on any atom is 0.0962 e. The average molecular weight is 266 g/mol. The quantitative estimate of drug-likeness (QED) is 0.873. The number of rotatable bonds is 4. The second-order valence-corrected chi connectivity index (χ2v) is 6.81. The molecule has 102 valence electrons. The van der Waals surface area contributed by atoms with Gasteiger partial charge in [0, 0.05) is 16.8 Å². The molecule has 1 aliphatic rings. The predicted molar refractivity (Wildman–Crippen MR) is 79.3 cm³/mol. The first-order chi connectivity index (χ1) is 8.61. The fourth-order valence-corrected chi connectivity index (χ4v) is 4.31. The van der Waals surface area contributed by atoms with Crippen molar-refractivity contribution in [2.24, 2.45) is 5.92 Å². The summed E-state index contributed by atoms with van der Waals surface area (Å²) >= 11 is 1.94. The summed E-state index contributed by atoms with van der Waals surface area (Å²) in [6.45, 7) is 9.98. The van der Waals surface area contributed by atoms with Crippen LogP contribution in [0.25, 0.3) is 0 Å². The molecule has 1 aliphatic carbocycles. The van der Waals surface area contributed by atoms with Gasteiger partial charge in [0.2, 0.25) is 0 Å². The minimum Gasteiger partial charge on any atom is -0.310 e. The van der Waals surface area contributed by atoms with E-state index in [-0.39, 0.29) is 0 Å². The largest absolute Gasteiger partial charge is 0.310 e. The van der Waals surface area contributed by atoms with Crippen LogP contribution >= 0.6 is 11.3 Å². The molecule has 3 unspecified atom stereocenters. The Labute approximate surface area is 115 Å². The number of hydrogen-bond acceptors (Lipinski definition) is 3. The van der Waals surface area contributed by atoms with E-state index in [1.807, 2.05) is 11.3 Å². The number of hydrogen-bond donors (Lipinski definition) is 1. The molecule has 0 radical (unpaired) electrons. The highest BCUT2D eigenvalue weighted by atomic mass is 32.1. The van der Waals surface area contributed by atoms with E-state index >= 15 is 0 Å². The molecule has 0 saturated heterocycles. The molecule has 3 heteroatoms. The van der Waals surface area contributed by atoms with Crippen LogP contribution in [0.5, 0.6) is 0 Å². The number of aryl methyl sites for hydroxylation is 1. The van der Waals surface area contributed by atoms with Gasteiger partial charge in [-0.3, -0.25) is 0 Å². The number of aromatic nitrogens is 1. The molecule has 0 aliphatic heterocycles. The Morgan fingerprint density at radius 1 is 1.44 bits per heavy atom. The Bertz CT molecular complexity index is 386. The molecule has 0 bridgehead atoms. The number of thiazole rings is 1. The van der Waals surface area contributed by atoms with Crippen molar-refractivity contribution in [1.82, 2.24) is 10.3 Å². The highest BCUT2D eigenvalue weighted by Gasteiger charge is 2.24. The van der Waals surface area contributed by atoms with Crippen LogP contribution in [0.15, 0.2) is 0 Å². The molecular formula is C15H26N2S. The van der Waals surface area contributed by atoms with Gasteiger partial charge in [0.15, 0.2) is 0 Å². The van der Waals surface area contributed by atoms with Gasteiger partial charge in [0.25, 0.3) is 0 Å². The van der Waals surface area contributed by atoms with Crippen LogP contribution in [-0.4, -0.2) is 11.5 Å². The van der Waals surface area contributed by atoms with E-state index in [2.05, 4.69) is 33.0 Å². The molecule has 0 amide bonds. The van der Waals surface area contributed by atoms with Gasteiger partial charge in [-0.05, 0) is 39.2 Å². The average Bonchev–Trinajstić information content (AvgIpc) is 2.72. The first-order valence-corrected chi connectivity index (χ1v) is 8.14. The highest BCUT2D eigenvalue weighted by molar-refractivity contribution is 7.11. The minimum absolute atomic E-state index is 0.447. The van der Waals surface area contributed by atoms with Crippen LogP contribution in [0.2, 0.25) is 0 Å². The van der Waals surface area contributed by atoms with E-state index in [0.29, 0.717) is 6.04 Å². The molecule has 3 atom stereocenters. The lowest BCUT2D eigenvalue weighted by Crippen LogP contribution is -2.17. The van der Waals surface area contributed by atoms with Crippen LogP contribution in [0.4, 0.5) is 0 Å². The molecule has 18 heavy (non-hydrogen) atoms. The Morgan fingerprint density at radius 3 is 2.89 bits per heavy atom. The lowest BCUT2D eigenvalue weighted by atomic mass is 9.83. The van der Waals surface area contributed by atoms with Crippen molar-refractivity contribution >= 4 is 11.3 Å². The highest BCUT2D eigenvalue weighted by Crippen LogP contribution is 2.39. The summed E-state index contributed by atoms with van der Waals surface area (Å²) in [6.07, 6.45) is 5.46. The van der Waals surface area contributed by atoms with Crippen molar-refractivity contribution in [3.8, 4) is 0 Å². The summed E-state index contributed by atoms with van der Waals surface area (Å²) in [5.41, 5.74) is 1.24. The Kier molecular flexibility index (Phi) is 4.79. The summed E-state index contributed by atoms with van der Waals surface area (Å²) in [4.78, 5) is 6.29. The topological polar surface area (TPSA) is 24.9 Å². The van der Waals surface area contributed by atoms with E-state index in [9.17, 15) is 0 Å². The molecule has 1 saturated carbocycles. The Balaban J connectivity index is 2.12. The van der Waals surface area contributed by atoms with Gasteiger partial charge in [-0.1, -0.05) is 26.7 Å². The van der Waals surface area contributed by atoms with Crippen molar-refractivity contribution in [3.63, 3.8) is 0 Å². The van der Waals surface area contributed by atoms with E-state index in [1.165, 1.54) is 41.3 Å². The second kappa shape index (κ2) is 6.16. The van der Waals surface area contributed by atoms with Crippen molar-refractivity contribution < 1.29 is 0 Å². The Hall–Kier alpha value is -0.410. The van der Waals surface area contributed by atoms with Gasteiger partial charge in [-0.2, -0.15) is 0 Å². The van der Waals surface area contributed by atoms with Gasteiger partial charge >= 0.3 is 0 Å². The third-order valence-electron chi connectivity index (χ3n) is 4.04. The maximum absolute atomic E-state index is 4.85. The molecular weight excluding hydrogens is 240 g/mol. The zero-order chi connectivity index (χ0) is 13.1. The summed E-state index contributed by atoms with van der Waals surface area (Å²) in [5, 5.41) is 4.89. The molecule has 1 fully saturated rings. The van der Waals surface area contributed by atoms with Crippen molar-refractivity contribution in [3.05, 3.63) is 15.6 Å². The lowest BCUT2D eigenvalue weighted by Gasteiger charge is -2.24. The van der Waals surface area contributed by atoms with Gasteiger partial charge in [-0.15, -0.1) is 11.3 Å². The predicted octanol–water partition coefficient (Wildman–Crippen LogP) is 4.42. The van der Waals surface area contributed by atoms with Crippen LogP contribution < -0.4 is 5.32 Å². The molecule has 1 heterocycles. The summed E-state index contributed by atoms with van der Waals surface area (Å²) in [5.74, 6) is 1.60. The van der Waals surface area contributed by atoms with Crippen LogP contribution in [0.3, 0.4) is 0 Å². The third kappa shape index (κ3) is 3.12. The lowest BCUT2D eigenvalue weighted by molar-refractivity contribution is 0.343. The van der Waals surface area contributed by atoms with Gasteiger partial charge in [-0.25, -0.2) is 4.98 Å². The van der Waals surface area contributed by atoms with E-state index in [4.69, 9.17) is 4.98 Å². The normalized spacial score (nSPS) is 26.2. The molecule has 1 aromatic heterocycles. The molecule has 2 rings (SSSR count). The van der Waals surface area contributed by atoms with Crippen LogP contribution in [-0.2, 0) is 0 Å². The number of nitrogens with one attached hydrogen (secondary N) is 1. The molecule has 0 aromatic carbocycles. The minimum atomic E-state index is 0.447. The first kappa shape index (κ1) is 14.0. The SMILES string of the molecule is CCNC(C)c1sc(C2CCCC(C)C2)nc1C. The summed E-state index contributed by atoms with van der Waals surface area (Å²) in [7, 11) is 0. The molecule has 0 spiro atoms. The van der Waals surface area contributed by atoms with Crippen molar-refractivity contribution in [1.29, 1.82) is 0 Å². The maximum atomic E-state index is 4.85. The Morgan fingerprint density at radius 2 is 2.22 bits per heavy atom. The fourth-order valence-electron chi connectivity index (χ4n) is 3.06. The monoisotopic (exact) mass is 266 g/mol. The van der Waals surface area contributed by atoms with E-state index in [0.717, 1.165) is 18.4 Å².